The van der Waals surface area contributed by atoms with Gasteiger partial charge in [-0.25, -0.2) is 0 Å². The number of hydrogen-bond donors (Lipinski definition) is 2. The van der Waals surface area contributed by atoms with Crippen LogP contribution < -0.4 is 15.5 Å². The van der Waals surface area contributed by atoms with Crippen molar-refractivity contribution in [1.29, 1.82) is 0 Å². The number of furan rings is 1. The standard InChI is InChI=1S/C22H19N3O4S/c26-19-11-14-10-15(9-13-3-1-7-25(19)20(13)14)24-22(28)21(27)23-12-16-5-6-17(29-16)18-4-2-8-30-18/h2,4-6,8-10H,1,3,7,11-12H2,(H,23,27)(H,24,28). The number of nitrogens with zero attached hydrogens (tertiary/aromatic N) is 1. The van der Waals surface area contributed by atoms with Gasteiger partial charge in [-0.3, -0.25) is 14.4 Å². The molecule has 0 saturated heterocycles. The van der Waals surface area contributed by atoms with Gasteiger partial charge in [0.25, 0.3) is 0 Å². The fraction of sp³-hybridized carbons (Fsp3) is 0.227. The highest BCUT2D eigenvalue weighted by atomic mass is 32.1. The Morgan fingerprint density at radius 1 is 1.13 bits per heavy atom. The number of hydrogen-bond acceptors (Lipinski definition) is 5. The molecule has 0 atom stereocenters. The number of nitrogens with one attached hydrogen (secondary N) is 2. The minimum atomic E-state index is -0.746. The van der Waals surface area contributed by atoms with Crippen molar-refractivity contribution in [2.45, 2.75) is 25.8 Å². The van der Waals surface area contributed by atoms with Crippen molar-refractivity contribution in [2.75, 3.05) is 16.8 Å². The van der Waals surface area contributed by atoms with Crippen LogP contribution in [-0.4, -0.2) is 24.3 Å². The first-order valence-corrected chi connectivity index (χ1v) is 10.6. The van der Waals surface area contributed by atoms with E-state index >= 15 is 0 Å². The number of amides is 3. The van der Waals surface area contributed by atoms with Crippen molar-refractivity contribution in [2.24, 2.45) is 0 Å². The molecule has 8 heteroatoms. The lowest BCUT2D eigenvalue weighted by molar-refractivity contribution is -0.136. The molecule has 7 nitrogen and oxygen atoms in total. The van der Waals surface area contributed by atoms with Crippen LogP contribution in [0.15, 0.2) is 46.2 Å². The zero-order valence-electron chi connectivity index (χ0n) is 16.1. The van der Waals surface area contributed by atoms with Crippen LogP contribution >= 0.6 is 11.3 Å². The van der Waals surface area contributed by atoms with E-state index in [1.807, 2.05) is 34.5 Å². The van der Waals surface area contributed by atoms with E-state index in [4.69, 9.17) is 4.42 Å². The van der Waals surface area contributed by atoms with Gasteiger partial charge in [0.1, 0.15) is 11.5 Å². The summed E-state index contributed by atoms with van der Waals surface area (Å²) in [5.41, 5.74) is 3.47. The van der Waals surface area contributed by atoms with Gasteiger partial charge >= 0.3 is 11.8 Å². The molecule has 0 fully saturated rings. The second kappa shape index (κ2) is 7.46. The molecule has 0 bridgehead atoms. The highest BCUT2D eigenvalue weighted by Gasteiger charge is 2.32. The number of rotatable bonds is 4. The SMILES string of the molecule is O=C(NCc1ccc(-c2cccs2)o1)C(=O)Nc1cc2c3c(c1)CC(=O)N3CCC2. The van der Waals surface area contributed by atoms with Crippen LogP contribution in [0.25, 0.3) is 10.6 Å². The third kappa shape index (κ3) is 3.39. The Kier molecular flexibility index (Phi) is 4.63. The molecule has 3 aromatic rings. The fourth-order valence-corrected chi connectivity index (χ4v) is 4.70. The second-order valence-corrected chi connectivity index (χ2v) is 8.30. The zero-order chi connectivity index (χ0) is 20.7. The minimum absolute atomic E-state index is 0.0903. The van der Waals surface area contributed by atoms with Crippen LogP contribution in [0.5, 0.6) is 0 Å². The lowest BCUT2D eigenvalue weighted by Gasteiger charge is -2.26. The van der Waals surface area contributed by atoms with Crippen LogP contribution in [0.1, 0.15) is 23.3 Å². The smallest absolute Gasteiger partial charge is 0.313 e. The second-order valence-electron chi connectivity index (χ2n) is 7.35. The Bertz CT molecular complexity index is 1150. The predicted octanol–water partition coefficient (Wildman–Crippen LogP) is 3.10. The summed E-state index contributed by atoms with van der Waals surface area (Å²) >= 11 is 1.57. The Labute approximate surface area is 176 Å². The molecule has 0 spiro atoms. The number of aryl methyl sites for hydroxylation is 1. The summed E-state index contributed by atoms with van der Waals surface area (Å²) in [6.07, 6.45) is 2.09. The summed E-state index contributed by atoms with van der Waals surface area (Å²) in [5, 5.41) is 7.20. The third-order valence-electron chi connectivity index (χ3n) is 5.32. The van der Waals surface area contributed by atoms with Crippen molar-refractivity contribution in [3.8, 4) is 10.6 Å². The van der Waals surface area contributed by atoms with Crippen LogP contribution in [0.4, 0.5) is 11.4 Å². The molecule has 1 aromatic carbocycles. The van der Waals surface area contributed by atoms with Gasteiger partial charge in [-0.1, -0.05) is 6.07 Å². The Balaban J connectivity index is 1.22. The van der Waals surface area contributed by atoms with Gasteiger partial charge in [0.2, 0.25) is 5.91 Å². The van der Waals surface area contributed by atoms with Crippen molar-refractivity contribution >= 4 is 40.4 Å². The minimum Gasteiger partial charge on any atom is -0.458 e. The number of benzene rings is 1. The Morgan fingerprint density at radius 3 is 2.83 bits per heavy atom. The summed E-state index contributed by atoms with van der Waals surface area (Å²) in [6.45, 7) is 0.866. The normalized spacial score (nSPS) is 14.5. The molecule has 4 heterocycles. The quantitative estimate of drug-likeness (QED) is 0.634. The van der Waals surface area contributed by atoms with E-state index in [1.165, 1.54) is 0 Å². The molecule has 0 unspecified atom stereocenters. The van der Waals surface area contributed by atoms with Crippen molar-refractivity contribution in [1.82, 2.24) is 5.32 Å². The number of thiophene rings is 1. The molecule has 2 aliphatic rings. The summed E-state index contributed by atoms with van der Waals surface area (Å²) in [7, 11) is 0. The van der Waals surface area contributed by atoms with E-state index in [1.54, 1.807) is 23.5 Å². The third-order valence-corrected chi connectivity index (χ3v) is 6.21. The fourth-order valence-electron chi connectivity index (χ4n) is 4.01. The molecule has 0 radical (unpaired) electrons. The lowest BCUT2D eigenvalue weighted by atomic mass is 9.99. The number of anilines is 2. The molecule has 3 amide bonds. The van der Waals surface area contributed by atoms with Crippen molar-refractivity contribution < 1.29 is 18.8 Å². The average Bonchev–Trinajstić information content (AvgIpc) is 3.47. The van der Waals surface area contributed by atoms with Gasteiger partial charge in [-0.15, -0.1) is 11.3 Å². The number of carbonyl (C=O) groups excluding carboxylic acids is 3. The molecule has 152 valence electrons. The van der Waals surface area contributed by atoms with E-state index in [0.29, 0.717) is 17.9 Å². The number of carbonyl (C=O) groups is 3. The van der Waals surface area contributed by atoms with E-state index < -0.39 is 11.8 Å². The summed E-state index contributed by atoms with van der Waals surface area (Å²) in [4.78, 5) is 39.5. The van der Waals surface area contributed by atoms with E-state index in [9.17, 15) is 14.4 Å². The lowest BCUT2D eigenvalue weighted by Crippen LogP contribution is -2.35. The highest BCUT2D eigenvalue weighted by molar-refractivity contribution is 7.13. The summed E-state index contributed by atoms with van der Waals surface area (Å²) in [6, 6.07) is 11.2. The Morgan fingerprint density at radius 2 is 2.00 bits per heavy atom. The summed E-state index contributed by atoms with van der Waals surface area (Å²) in [5.74, 6) is -0.0952. The topological polar surface area (TPSA) is 91.6 Å². The van der Waals surface area contributed by atoms with Gasteiger partial charge in [-0.05, 0) is 59.7 Å². The molecule has 2 aromatic heterocycles. The van der Waals surface area contributed by atoms with E-state index in [2.05, 4.69) is 10.6 Å². The summed E-state index contributed by atoms with van der Waals surface area (Å²) < 4.78 is 5.71. The van der Waals surface area contributed by atoms with Crippen molar-refractivity contribution in [3.63, 3.8) is 0 Å². The molecular formula is C22H19N3O4S. The van der Waals surface area contributed by atoms with Crippen LogP contribution in [0, 0.1) is 0 Å². The average molecular weight is 421 g/mol. The largest absolute Gasteiger partial charge is 0.458 e. The van der Waals surface area contributed by atoms with Gasteiger partial charge in [-0.2, -0.15) is 0 Å². The van der Waals surface area contributed by atoms with E-state index in [0.717, 1.165) is 46.8 Å². The van der Waals surface area contributed by atoms with Crippen LogP contribution in [-0.2, 0) is 33.8 Å². The molecule has 5 rings (SSSR count). The monoisotopic (exact) mass is 421 g/mol. The predicted molar refractivity (Wildman–Crippen MR) is 113 cm³/mol. The van der Waals surface area contributed by atoms with E-state index in [-0.39, 0.29) is 12.5 Å². The van der Waals surface area contributed by atoms with Crippen molar-refractivity contribution in [3.05, 3.63) is 58.7 Å². The molecule has 0 saturated carbocycles. The van der Waals surface area contributed by atoms with Gasteiger partial charge in [0.15, 0.2) is 0 Å². The van der Waals surface area contributed by atoms with Gasteiger partial charge in [0, 0.05) is 12.2 Å². The first kappa shape index (κ1) is 18.6. The molecule has 0 aliphatic carbocycles. The Hall–Kier alpha value is -3.39. The maximum absolute atomic E-state index is 12.3. The molecule has 2 N–H and O–H groups in total. The zero-order valence-corrected chi connectivity index (χ0v) is 16.9. The van der Waals surface area contributed by atoms with Gasteiger partial charge < -0.3 is 20.0 Å². The maximum Gasteiger partial charge on any atom is 0.313 e. The molecule has 2 aliphatic heterocycles. The highest BCUT2D eigenvalue weighted by Crippen LogP contribution is 2.38. The molecule has 30 heavy (non-hydrogen) atoms. The van der Waals surface area contributed by atoms with Crippen LogP contribution in [0.2, 0.25) is 0 Å². The van der Waals surface area contributed by atoms with Crippen LogP contribution in [0.3, 0.4) is 0 Å². The molecular weight excluding hydrogens is 402 g/mol. The van der Waals surface area contributed by atoms with Gasteiger partial charge in [0.05, 0.1) is 23.5 Å². The first-order valence-electron chi connectivity index (χ1n) is 9.76. The maximum atomic E-state index is 12.3. The first-order chi connectivity index (χ1) is 14.6.